The minimum atomic E-state index is -0.715. The Bertz CT molecular complexity index is 1230. The Hall–Kier alpha value is -2.46. The number of nitrogens with zero attached hydrogens (tertiary/aromatic N) is 2. The Morgan fingerprint density at radius 2 is 1.97 bits per heavy atom. The fourth-order valence-electron chi connectivity index (χ4n) is 3.96. The highest BCUT2D eigenvalue weighted by molar-refractivity contribution is 7.98. The molecule has 0 saturated carbocycles. The third-order valence-corrected chi connectivity index (χ3v) is 7.35. The Kier molecular flexibility index (Phi) is 6.02. The number of H-pyrrole nitrogens is 1. The molecule has 3 aromatic rings. The molecule has 8 heteroatoms. The van der Waals surface area contributed by atoms with Gasteiger partial charge < -0.3 is 4.74 Å². The van der Waals surface area contributed by atoms with Crippen LogP contribution in [0.15, 0.2) is 35.2 Å². The van der Waals surface area contributed by atoms with Gasteiger partial charge in [-0.05, 0) is 61.2 Å². The van der Waals surface area contributed by atoms with E-state index in [-0.39, 0.29) is 11.8 Å². The fourth-order valence-corrected chi connectivity index (χ4v) is 5.52. The molecule has 1 aliphatic rings. The number of benzene rings is 2. The SMILES string of the molecule is Cc1cc(C)c(C2c3c(n[nH]c3C)OC(=N)C2C#N)cc1CSc1cc(Cl)ccc1Cl. The third kappa shape index (κ3) is 4.06. The lowest BCUT2D eigenvalue weighted by molar-refractivity contribution is 0.436. The number of nitrogens with one attached hydrogen (secondary N) is 2. The standard InChI is InChI=1S/C23H20Cl2N4OS/c1-11-6-12(2)16(7-14(11)10-31-19-8-15(24)4-5-18(19)25)21-17(9-26)22(27)30-23-20(21)13(3)28-29-23/h4-8,17,21,27H,10H2,1-3H3,(H,28,29). The zero-order valence-electron chi connectivity index (χ0n) is 17.2. The maximum absolute atomic E-state index is 9.84. The number of hydrogen-bond donors (Lipinski definition) is 2. The number of aromatic amines is 1. The second-order valence-corrected chi connectivity index (χ2v) is 9.48. The highest BCUT2D eigenvalue weighted by atomic mass is 35.5. The van der Waals surface area contributed by atoms with Crippen molar-refractivity contribution in [2.45, 2.75) is 37.3 Å². The molecule has 2 heterocycles. The van der Waals surface area contributed by atoms with Gasteiger partial charge in [-0.2, -0.15) is 5.26 Å². The van der Waals surface area contributed by atoms with Crippen LogP contribution in [0, 0.1) is 43.4 Å². The van der Waals surface area contributed by atoms with E-state index in [1.807, 2.05) is 19.9 Å². The molecule has 158 valence electrons. The zero-order valence-corrected chi connectivity index (χ0v) is 19.5. The average Bonchev–Trinajstić information content (AvgIpc) is 3.09. The summed E-state index contributed by atoms with van der Waals surface area (Å²) in [6, 6.07) is 12.0. The van der Waals surface area contributed by atoms with Crippen molar-refractivity contribution in [1.82, 2.24) is 10.2 Å². The first-order valence-corrected chi connectivity index (χ1v) is 11.4. The molecule has 0 aliphatic carbocycles. The van der Waals surface area contributed by atoms with Crippen LogP contribution in [-0.2, 0) is 5.75 Å². The van der Waals surface area contributed by atoms with Crippen LogP contribution in [0.25, 0.3) is 0 Å². The van der Waals surface area contributed by atoms with Gasteiger partial charge in [0, 0.05) is 32.8 Å². The van der Waals surface area contributed by atoms with Crippen LogP contribution >= 0.6 is 35.0 Å². The molecule has 0 spiro atoms. The highest BCUT2D eigenvalue weighted by Crippen LogP contribution is 2.44. The van der Waals surface area contributed by atoms with Crippen LogP contribution in [0.4, 0.5) is 0 Å². The van der Waals surface area contributed by atoms with Crippen LogP contribution in [0.1, 0.15) is 39.4 Å². The molecule has 2 aromatic carbocycles. The van der Waals surface area contributed by atoms with Gasteiger partial charge in [0.1, 0.15) is 5.92 Å². The van der Waals surface area contributed by atoms with E-state index >= 15 is 0 Å². The number of fused-ring (bicyclic) bond motifs is 1. The summed E-state index contributed by atoms with van der Waals surface area (Å²) in [5.74, 6) is -0.0326. The summed E-state index contributed by atoms with van der Waals surface area (Å²) in [7, 11) is 0. The Labute approximate surface area is 195 Å². The lowest BCUT2D eigenvalue weighted by Gasteiger charge is -2.29. The van der Waals surface area contributed by atoms with E-state index in [9.17, 15) is 5.26 Å². The van der Waals surface area contributed by atoms with Crippen molar-refractivity contribution in [3.05, 3.63) is 73.9 Å². The number of nitriles is 1. The summed E-state index contributed by atoms with van der Waals surface area (Å²) in [5, 5.41) is 26.5. The Morgan fingerprint density at radius 3 is 2.71 bits per heavy atom. The summed E-state index contributed by atoms with van der Waals surface area (Å²) in [6.07, 6.45) is 0. The van der Waals surface area contributed by atoms with Crippen molar-refractivity contribution in [3.8, 4) is 11.9 Å². The number of aryl methyl sites for hydroxylation is 3. The van der Waals surface area contributed by atoms with Gasteiger partial charge in [-0.3, -0.25) is 10.5 Å². The minimum absolute atomic E-state index is 0.0758. The van der Waals surface area contributed by atoms with Gasteiger partial charge >= 0.3 is 0 Å². The molecule has 1 aromatic heterocycles. The molecular weight excluding hydrogens is 451 g/mol. The largest absolute Gasteiger partial charge is 0.422 e. The van der Waals surface area contributed by atoms with Gasteiger partial charge in [-0.1, -0.05) is 35.3 Å². The predicted octanol–water partition coefficient (Wildman–Crippen LogP) is 6.58. The van der Waals surface area contributed by atoms with Gasteiger partial charge in [-0.25, -0.2) is 0 Å². The molecular formula is C23H20Cl2N4OS. The maximum Gasteiger partial charge on any atom is 0.243 e. The van der Waals surface area contributed by atoms with Gasteiger partial charge in [0.15, 0.2) is 0 Å². The van der Waals surface area contributed by atoms with E-state index in [1.54, 1.807) is 23.9 Å². The molecule has 0 bridgehead atoms. The number of rotatable bonds is 4. The third-order valence-electron chi connectivity index (χ3n) is 5.57. The number of hydrogen-bond acceptors (Lipinski definition) is 5. The normalized spacial score (nSPS) is 17.7. The number of aromatic nitrogens is 2. The Morgan fingerprint density at radius 1 is 1.19 bits per heavy atom. The van der Waals surface area contributed by atoms with Gasteiger partial charge in [0.2, 0.25) is 11.8 Å². The van der Waals surface area contributed by atoms with Crippen molar-refractivity contribution < 1.29 is 4.74 Å². The van der Waals surface area contributed by atoms with E-state index in [1.165, 1.54) is 0 Å². The van der Waals surface area contributed by atoms with Gasteiger partial charge in [0.05, 0.1) is 11.1 Å². The molecule has 2 atom stereocenters. The molecule has 4 rings (SSSR count). The van der Waals surface area contributed by atoms with E-state index in [0.717, 1.165) is 38.4 Å². The summed E-state index contributed by atoms with van der Waals surface area (Å²) < 4.78 is 5.52. The molecule has 2 N–H and O–H groups in total. The number of halogens is 2. The lowest BCUT2D eigenvalue weighted by atomic mass is 9.77. The topological polar surface area (TPSA) is 85.5 Å². The van der Waals surface area contributed by atoms with Crippen molar-refractivity contribution in [2.75, 3.05) is 0 Å². The van der Waals surface area contributed by atoms with Crippen molar-refractivity contribution in [1.29, 1.82) is 10.7 Å². The van der Waals surface area contributed by atoms with Crippen LogP contribution in [0.5, 0.6) is 5.88 Å². The van der Waals surface area contributed by atoms with Crippen molar-refractivity contribution in [2.24, 2.45) is 5.92 Å². The monoisotopic (exact) mass is 470 g/mol. The lowest BCUT2D eigenvalue weighted by Crippen LogP contribution is -2.31. The first-order valence-electron chi connectivity index (χ1n) is 9.68. The molecule has 1 aliphatic heterocycles. The molecule has 0 fully saturated rings. The van der Waals surface area contributed by atoms with Crippen molar-refractivity contribution >= 4 is 40.9 Å². The highest BCUT2D eigenvalue weighted by Gasteiger charge is 2.40. The molecule has 5 nitrogen and oxygen atoms in total. The minimum Gasteiger partial charge on any atom is -0.422 e. The second kappa shape index (κ2) is 8.58. The fraction of sp³-hybridized carbons (Fsp3) is 0.261. The zero-order chi connectivity index (χ0) is 22.3. The van der Waals surface area contributed by atoms with Crippen LogP contribution in [0.2, 0.25) is 10.0 Å². The van der Waals surface area contributed by atoms with Gasteiger partial charge in [0.25, 0.3) is 0 Å². The molecule has 31 heavy (non-hydrogen) atoms. The number of ether oxygens (including phenoxy) is 1. The average molecular weight is 471 g/mol. The van der Waals surface area contributed by atoms with Crippen molar-refractivity contribution in [3.63, 3.8) is 0 Å². The maximum atomic E-state index is 9.84. The first-order chi connectivity index (χ1) is 14.8. The molecule has 0 radical (unpaired) electrons. The summed E-state index contributed by atoms with van der Waals surface area (Å²) >= 11 is 14.1. The summed E-state index contributed by atoms with van der Waals surface area (Å²) in [5.41, 5.74) is 6.05. The van der Waals surface area contributed by atoms with E-state index < -0.39 is 5.92 Å². The van der Waals surface area contributed by atoms with Crippen LogP contribution in [-0.4, -0.2) is 16.1 Å². The van der Waals surface area contributed by atoms with Crippen LogP contribution < -0.4 is 4.74 Å². The quantitative estimate of drug-likeness (QED) is 0.421. The summed E-state index contributed by atoms with van der Waals surface area (Å²) in [4.78, 5) is 0.923. The second-order valence-electron chi connectivity index (χ2n) is 7.62. The molecule has 0 amide bonds. The van der Waals surface area contributed by atoms with Crippen LogP contribution in [0.3, 0.4) is 0 Å². The number of thioether (sulfide) groups is 1. The smallest absolute Gasteiger partial charge is 0.243 e. The molecule has 2 unspecified atom stereocenters. The first kappa shape index (κ1) is 21.8. The van der Waals surface area contributed by atoms with E-state index in [4.69, 9.17) is 33.3 Å². The molecule has 0 saturated heterocycles. The predicted molar refractivity (Wildman–Crippen MR) is 125 cm³/mol. The summed E-state index contributed by atoms with van der Waals surface area (Å²) in [6.45, 7) is 6.03. The van der Waals surface area contributed by atoms with Gasteiger partial charge in [-0.15, -0.1) is 16.9 Å². The van der Waals surface area contributed by atoms with E-state index in [0.29, 0.717) is 21.7 Å². The van der Waals surface area contributed by atoms with E-state index in [2.05, 4.69) is 35.3 Å². The Balaban J connectivity index is 1.76.